The van der Waals surface area contributed by atoms with Crippen LogP contribution in [0.4, 0.5) is 10.5 Å². The number of hydrogen-bond donors (Lipinski definition) is 2. The molecule has 0 fully saturated rings. The lowest BCUT2D eigenvalue weighted by Crippen LogP contribution is -2.37. The second kappa shape index (κ2) is 5.33. The highest BCUT2D eigenvalue weighted by Gasteiger charge is 2.23. The first-order chi connectivity index (χ1) is 7.83. The molecule has 94 valence electrons. The number of nitrogens with zero attached hydrogens (tertiary/aromatic N) is 1. The molecule has 0 aliphatic rings. The molecule has 0 aliphatic heterocycles. The van der Waals surface area contributed by atoms with Crippen molar-refractivity contribution in [3.05, 3.63) is 23.5 Å². The average molecular weight is 278 g/mol. The lowest BCUT2D eigenvalue weighted by molar-refractivity contribution is 0.256. The van der Waals surface area contributed by atoms with E-state index in [4.69, 9.17) is 11.6 Å². The molecule has 0 radical (unpaired) electrons. The van der Waals surface area contributed by atoms with Gasteiger partial charge in [0.05, 0.1) is 16.9 Å². The van der Waals surface area contributed by atoms with E-state index < -0.39 is 15.3 Å². The second-order valence-corrected chi connectivity index (χ2v) is 5.54. The normalized spacial score (nSPS) is 11.3. The van der Waals surface area contributed by atoms with Gasteiger partial charge in [-0.25, -0.2) is 0 Å². The number of hydrogen-bond acceptors (Lipinski definition) is 4. The van der Waals surface area contributed by atoms with Gasteiger partial charge in [-0.1, -0.05) is 11.6 Å². The van der Waals surface area contributed by atoms with E-state index in [1.165, 1.54) is 18.5 Å². The topological polar surface area (TPSA) is 88.2 Å². The van der Waals surface area contributed by atoms with E-state index in [2.05, 4.69) is 15.0 Å². The summed E-state index contributed by atoms with van der Waals surface area (Å²) in [6, 6.07) is 1.14. The Morgan fingerprint density at radius 2 is 2.12 bits per heavy atom. The molecule has 6 nitrogen and oxygen atoms in total. The first-order valence-corrected chi connectivity index (χ1v) is 6.62. The molecule has 0 saturated heterocycles. The van der Waals surface area contributed by atoms with E-state index in [-0.39, 0.29) is 16.8 Å². The molecule has 1 aromatic rings. The quantitative estimate of drug-likeness (QED) is 0.878. The molecule has 1 heterocycles. The highest BCUT2D eigenvalue weighted by molar-refractivity contribution is 8.07. The standard InChI is InChI=1S/C9H12ClN3O3S/c1-6(2)12-9(14)17(15,16)13-8-5-11-4-3-7(8)10/h3-6,13H,1-2H3,(H,12,14). The molecule has 0 aromatic carbocycles. The summed E-state index contributed by atoms with van der Waals surface area (Å²) < 4.78 is 25.2. The summed E-state index contributed by atoms with van der Waals surface area (Å²) in [5, 5.41) is 1.33. The zero-order chi connectivity index (χ0) is 13.1. The maximum absolute atomic E-state index is 11.6. The number of pyridine rings is 1. The van der Waals surface area contributed by atoms with Crippen LogP contribution in [0.15, 0.2) is 18.5 Å². The predicted molar refractivity (Wildman–Crippen MR) is 65.5 cm³/mol. The van der Waals surface area contributed by atoms with Gasteiger partial charge in [0.1, 0.15) is 0 Å². The number of amides is 1. The van der Waals surface area contributed by atoms with Gasteiger partial charge in [0.2, 0.25) is 0 Å². The number of anilines is 1. The van der Waals surface area contributed by atoms with E-state index in [0.717, 1.165) is 0 Å². The number of carbonyl (C=O) groups excluding carboxylic acids is 1. The smallest absolute Gasteiger partial charge is 0.339 e. The van der Waals surface area contributed by atoms with E-state index in [9.17, 15) is 13.2 Å². The summed E-state index contributed by atoms with van der Waals surface area (Å²) in [6.07, 6.45) is 2.64. The zero-order valence-corrected chi connectivity index (χ0v) is 10.8. The minimum Gasteiger partial charge on any atom is -0.339 e. The summed E-state index contributed by atoms with van der Waals surface area (Å²) in [6.45, 7) is 3.31. The van der Waals surface area contributed by atoms with Crippen LogP contribution in [-0.2, 0) is 10.0 Å². The number of halogens is 1. The Morgan fingerprint density at radius 3 is 2.65 bits per heavy atom. The van der Waals surface area contributed by atoms with Gasteiger partial charge in [-0.15, -0.1) is 0 Å². The van der Waals surface area contributed by atoms with Crippen molar-refractivity contribution in [1.82, 2.24) is 10.3 Å². The first-order valence-electron chi connectivity index (χ1n) is 4.76. The largest absolute Gasteiger partial charge is 0.357 e. The van der Waals surface area contributed by atoms with Crippen molar-refractivity contribution in [2.45, 2.75) is 19.9 Å². The SMILES string of the molecule is CC(C)NC(=O)S(=O)(=O)Nc1cnccc1Cl. The second-order valence-electron chi connectivity index (χ2n) is 3.55. The summed E-state index contributed by atoms with van der Waals surface area (Å²) in [5.74, 6) is 0. The van der Waals surface area contributed by atoms with Crippen molar-refractivity contribution in [2.24, 2.45) is 0 Å². The lowest BCUT2D eigenvalue weighted by atomic mass is 10.4. The molecule has 0 bridgehead atoms. The Morgan fingerprint density at radius 1 is 1.47 bits per heavy atom. The third-order valence-corrected chi connectivity index (χ3v) is 3.09. The fourth-order valence-electron chi connectivity index (χ4n) is 0.957. The third-order valence-electron chi connectivity index (χ3n) is 1.66. The van der Waals surface area contributed by atoms with Gasteiger partial charge in [-0.3, -0.25) is 14.5 Å². The summed E-state index contributed by atoms with van der Waals surface area (Å²) in [5.41, 5.74) is 0.0630. The van der Waals surface area contributed by atoms with Crippen LogP contribution in [-0.4, -0.2) is 24.7 Å². The molecular formula is C9H12ClN3O3S. The maximum Gasteiger partial charge on any atom is 0.357 e. The van der Waals surface area contributed by atoms with Gasteiger partial charge in [-0.05, 0) is 19.9 Å². The number of rotatable bonds is 3. The van der Waals surface area contributed by atoms with Crippen molar-refractivity contribution in [1.29, 1.82) is 0 Å². The minimum atomic E-state index is -4.16. The molecule has 8 heteroatoms. The lowest BCUT2D eigenvalue weighted by Gasteiger charge is -2.10. The van der Waals surface area contributed by atoms with E-state index in [1.54, 1.807) is 13.8 Å². The van der Waals surface area contributed by atoms with Crippen molar-refractivity contribution in [3.63, 3.8) is 0 Å². The molecule has 0 spiro atoms. The van der Waals surface area contributed by atoms with Crippen LogP contribution in [0.5, 0.6) is 0 Å². The summed E-state index contributed by atoms with van der Waals surface area (Å²) in [7, 11) is -4.16. The third kappa shape index (κ3) is 3.86. The monoisotopic (exact) mass is 277 g/mol. The molecule has 0 aliphatic carbocycles. The van der Waals surface area contributed by atoms with Crippen LogP contribution in [0.25, 0.3) is 0 Å². The minimum absolute atomic E-state index is 0.0630. The van der Waals surface area contributed by atoms with Gasteiger partial charge in [-0.2, -0.15) is 8.42 Å². The highest BCUT2D eigenvalue weighted by atomic mass is 35.5. The molecule has 2 N–H and O–H groups in total. The van der Waals surface area contributed by atoms with Crippen molar-refractivity contribution < 1.29 is 13.2 Å². The molecule has 0 atom stereocenters. The van der Waals surface area contributed by atoms with Gasteiger partial charge < -0.3 is 5.32 Å². The summed E-state index contributed by atoms with van der Waals surface area (Å²) >= 11 is 5.74. The number of aromatic nitrogens is 1. The molecule has 0 unspecified atom stereocenters. The van der Waals surface area contributed by atoms with E-state index in [1.807, 2.05) is 0 Å². The fourth-order valence-corrected chi connectivity index (χ4v) is 2.10. The Hall–Kier alpha value is -1.34. The van der Waals surface area contributed by atoms with E-state index >= 15 is 0 Å². The average Bonchev–Trinajstić information content (AvgIpc) is 2.20. The zero-order valence-electron chi connectivity index (χ0n) is 9.27. The molecule has 1 amide bonds. The van der Waals surface area contributed by atoms with Crippen LogP contribution in [0.2, 0.25) is 5.02 Å². The first kappa shape index (κ1) is 13.7. The van der Waals surface area contributed by atoms with Crippen LogP contribution < -0.4 is 10.0 Å². The van der Waals surface area contributed by atoms with E-state index in [0.29, 0.717) is 0 Å². The van der Waals surface area contributed by atoms with Crippen LogP contribution in [0.3, 0.4) is 0 Å². The fraction of sp³-hybridized carbons (Fsp3) is 0.333. The van der Waals surface area contributed by atoms with Gasteiger partial charge in [0, 0.05) is 12.2 Å². The Labute approximate surface area is 104 Å². The Balaban J connectivity index is 2.88. The maximum atomic E-state index is 11.6. The Bertz CT molecular complexity index is 516. The number of nitrogens with one attached hydrogen (secondary N) is 2. The van der Waals surface area contributed by atoms with Crippen LogP contribution in [0, 0.1) is 0 Å². The van der Waals surface area contributed by atoms with Gasteiger partial charge in [0.15, 0.2) is 0 Å². The number of carbonyl (C=O) groups is 1. The van der Waals surface area contributed by atoms with Crippen molar-refractivity contribution in [3.8, 4) is 0 Å². The van der Waals surface area contributed by atoms with Gasteiger partial charge in [0.25, 0.3) is 0 Å². The molecule has 1 rings (SSSR count). The predicted octanol–water partition coefficient (Wildman–Crippen LogP) is 1.59. The molecule has 17 heavy (non-hydrogen) atoms. The highest BCUT2D eigenvalue weighted by Crippen LogP contribution is 2.20. The molecular weight excluding hydrogens is 266 g/mol. The van der Waals surface area contributed by atoms with Crippen LogP contribution >= 0.6 is 11.6 Å². The molecule has 1 aromatic heterocycles. The van der Waals surface area contributed by atoms with Crippen LogP contribution in [0.1, 0.15) is 13.8 Å². The van der Waals surface area contributed by atoms with Crippen molar-refractivity contribution in [2.75, 3.05) is 4.72 Å². The van der Waals surface area contributed by atoms with Crippen molar-refractivity contribution >= 4 is 32.6 Å². The Kier molecular flexibility index (Phi) is 4.30. The number of sulfonamides is 1. The van der Waals surface area contributed by atoms with Gasteiger partial charge >= 0.3 is 15.3 Å². The summed E-state index contributed by atoms with van der Waals surface area (Å²) in [4.78, 5) is 15.1. The molecule has 0 saturated carbocycles.